The van der Waals surface area contributed by atoms with E-state index in [1.165, 1.54) is 6.92 Å². The minimum absolute atomic E-state index is 0.00467. The lowest BCUT2D eigenvalue weighted by atomic mass is 9.96. The normalized spacial score (nSPS) is 16.0. The Hall–Kier alpha value is -2.31. The molecule has 0 atom stereocenters. The average Bonchev–Trinajstić information content (AvgIpc) is 2.93. The molecule has 0 radical (unpaired) electrons. The standard InChI is InChI=1S/C15H20N6O/c1-10-13(11(2)22)8-16-15(18-10)21-6-4-12(5-7-21)14-19-17-9-20(14)3/h8-9,12H,4-7H2,1-3H3. The highest BCUT2D eigenvalue weighted by Crippen LogP contribution is 2.27. The van der Waals surface area contributed by atoms with Gasteiger partial charge in [0.25, 0.3) is 0 Å². The van der Waals surface area contributed by atoms with E-state index < -0.39 is 0 Å². The third-order valence-electron chi connectivity index (χ3n) is 4.24. The lowest BCUT2D eigenvalue weighted by Crippen LogP contribution is -2.35. The first-order valence-electron chi connectivity index (χ1n) is 7.49. The van der Waals surface area contributed by atoms with Crippen molar-refractivity contribution < 1.29 is 4.79 Å². The summed E-state index contributed by atoms with van der Waals surface area (Å²) in [4.78, 5) is 22.5. The van der Waals surface area contributed by atoms with Crippen LogP contribution in [0.2, 0.25) is 0 Å². The molecular formula is C15H20N6O. The summed E-state index contributed by atoms with van der Waals surface area (Å²) in [5, 5.41) is 8.16. The molecule has 0 unspecified atom stereocenters. The van der Waals surface area contributed by atoms with Gasteiger partial charge in [-0.3, -0.25) is 4.79 Å². The van der Waals surface area contributed by atoms with E-state index in [0.29, 0.717) is 17.4 Å². The van der Waals surface area contributed by atoms with Crippen molar-refractivity contribution in [3.05, 3.63) is 29.6 Å². The number of nitrogens with zero attached hydrogens (tertiary/aromatic N) is 6. The zero-order valence-corrected chi connectivity index (χ0v) is 13.2. The summed E-state index contributed by atoms with van der Waals surface area (Å²) in [5.41, 5.74) is 1.34. The maximum absolute atomic E-state index is 11.5. The van der Waals surface area contributed by atoms with Crippen LogP contribution in [0.25, 0.3) is 0 Å². The Kier molecular flexibility index (Phi) is 3.87. The maximum atomic E-state index is 11.5. The fraction of sp³-hybridized carbons (Fsp3) is 0.533. The molecule has 1 saturated heterocycles. The van der Waals surface area contributed by atoms with E-state index in [0.717, 1.165) is 37.4 Å². The van der Waals surface area contributed by atoms with E-state index >= 15 is 0 Å². The summed E-state index contributed by atoms with van der Waals surface area (Å²) >= 11 is 0. The monoisotopic (exact) mass is 300 g/mol. The third-order valence-corrected chi connectivity index (χ3v) is 4.24. The number of hydrogen-bond acceptors (Lipinski definition) is 6. The molecule has 3 rings (SSSR count). The lowest BCUT2D eigenvalue weighted by molar-refractivity contribution is 0.101. The second-order valence-electron chi connectivity index (χ2n) is 5.79. The van der Waals surface area contributed by atoms with Gasteiger partial charge in [0.1, 0.15) is 12.2 Å². The predicted molar refractivity (Wildman–Crippen MR) is 82.0 cm³/mol. The number of aryl methyl sites for hydroxylation is 2. The fourth-order valence-electron chi connectivity index (χ4n) is 2.95. The van der Waals surface area contributed by atoms with Crippen molar-refractivity contribution in [1.29, 1.82) is 0 Å². The van der Waals surface area contributed by atoms with Crippen LogP contribution in [0.15, 0.2) is 12.5 Å². The Morgan fingerprint density at radius 2 is 2.05 bits per heavy atom. The van der Waals surface area contributed by atoms with Gasteiger partial charge in [0, 0.05) is 32.3 Å². The van der Waals surface area contributed by atoms with Gasteiger partial charge in [-0.2, -0.15) is 0 Å². The van der Waals surface area contributed by atoms with Crippen LogP contribution in [-0.4, -0.2) is 43.6 Å². The Bertz CT molecular complexity index is 687. The fourth-order valence-corrected chi connectivity index (χ4v) is 2.95. The molecule has 1 fully saturated rings. The maximum Gasteiger partial charge on any atom is 0.225 e. The quantitative estimate of drug-likeness (QED) is 0.800. The SMILES string of the molecule is CC(=O)c1cnc(N2CCC(c3nncn3C)CC2)nc1C. The first-order valence-corrected chi connectivity index (χ1v) is 7.49. The van der Waals surface area contributed by atoms with Crippen LogP contribution >= 0.6 is 0 Å². The van der Waals surface area contributed by atoms with Crippen molar-refractivity contribution in [2.45, 2.75) is 32.6 Å². The predicted octanol–water partition coefficient (Wildman–Crippen LogP) is 1.50. The highest BCUT2D eigenvalue weighted by atomic mass is 16.1. The number of carbonyl (C=O) groups excluding carboxylic acids is 1. The van der Waals surface area contributed by atoms with E-state index in [1.807, 2.05) is 18.5 Å². The summed E-state index contributed by atoms with van der Waals surface area (Å²) in [6.07, 6.45) is 5.39. The molecule has 2 aromatic rings. The van der Waals surface area contributed by atoms with E-state index in [-0.39, 0.29) is 5.78 Å². The van der Waals surface area contributed by atoms with Gasteiger partial charge in [-0.1, -0.05) is 0 Å². The molecule has 0 bridgehead atoms. The van der Waals surface area contributed by atoms with Gasteiger partial charge >= 0.3 is 0 Å². The van der Waals surface area contributed by atoms with E-state index in [1.54, 1.807) is 12.5 Å². The first-order chi connectivity index (χ1) is 10.6. The number of carbonyl (C=O) groups is 1. The van der Waals surface area contributed by atoms with E-state index in [2.05, 4.69) is 25.1 Å². The second-order valence-corrected chi connectivity index (χ2v) is 5.79. The highest BCUT2D eigenvalue weighted by Gasteiger charge is 2.25. The van der Waals surface area contributed by atoms with Gasteiger partial charge in [0.2, 0.25) is 5.95 Å². The van der Waals surface area contributed by atoms with Gasteiger partial charge < -0.3 is 9.47 Å². The average molecular weight is 300 g/mol. The summed E-state index contributed by atoms with van der Waals surface area (Å²) < 4.78 is 1.99. The van der Waals surface area contributed by atoms with Gasteiger partial charge in [-0.25, -0.2) is 9.97 Å². The number of anilines is 1. The van der Waals surface area contributed by atoms with Gasteiger partial charge in [-0.15, -0.1) is 10.2 Å². The van der Waals surface area contributed by atoms with E-state index in [9.17, 15) is 4.79 Å². The summed E-state index contributed by atoms with van der Waals surface area (Å²) in [7, 11) is 1.98. The Balaban J connectivity index is 1.70. The zero-order valence-electron chi connectivity index (χ0n) is 13.2. The van der Waals surface area contributed by atoms with Crippen molar-refractivity contribution in [2.75, 3.05) is 18.0 Å². The third kappa shape index (κ3) is 2.70. The van der Waals surface area contributed by atoms with Crippen LogP contribution in [0.4, 0.5) is 5.95 Å². The minimum atomic E-state index is 0.00467. The van der Waals surface area contributed by atoms with Crippen molar-refractivity contribution in [2.24, 2.45) is 7.05 Å². The smallest absolute Gasteiger partial charge is 0.225 e. The number of aromatic nitrogens is 5. The summed E-state index contributed by atoms with van der Waals surface area (Å²) in [6.45, 7) is 5.17. The molecule has 1 aliphatic heterocycles. The van der Waals surface area contributed by atoms with Crippen molar-refractivity contribution in [3.63, 3.8) is 0 Å². The highest BCUT2D eigenvalue weighted by molar-refractivity contribution is 5.94. The molecule has 3 heterocycles. The van der Waals surface area contributed by atoms with Gasteiger partial charge in [0.15, 0.2) is 5.78 Å². The lowest BCUT2D eigenvalue weighted by Gasteiger charge is -2.31. The second kappa shape index (κ2) is 5.82. The molecule has 2 aromatic heterocycles. The molecular weight excluding hydrogens is 280 g/mol. The van der Waals surface area contributed by atoms with Crippen molar-refractivity contribution in [3.8, 4) is 0 Å². The summed E-state index contributed by atoms with van der Waals surface area (Å²) in [6, 6.07) is 0. The number of ketones is 1. The number of hydrogen-bond donors (Lipinski definition) is 0. The Morgan fingerprint density at radius 1 is 1.32 bits per heavy atom. The largest absolute Gasteiger partial charge is 0.341 e. The van der Waals surface area contributed by atoms with Crippen LogP contribution in [0.5, 0.6) is 0 Å². The zero-order chi connectivity index (χ0) is 15.7. The molecule has 1 aliphatic rings. The van der Waals surface area contributed by atoms with Crippen molar-refractivity contribution in [1.82, 2.24) is 24.7 Å². The van der Waals surface area contributed by atoms with Crippen LogP contribution in [0.1, 0.15) is 47.6 Å². The molecule has 0 N–H and O–H groups in total. The van der Waals surface area contributed by atoms with Crippen molar-refractivity contribution >= 4 is 11.7 Å². The Morgan fingerprint density at radius 3 is 2.59 bits per heavy atom. The van der Waals surface area contributed by atoms with Gasteiger partial charge in [-0.05, 0) is 26.7 Å². The van der Waals surface area contributed by atoms with Gasteiger partial charge in [0.05, 0.1) is 11.3 Å². The van der Waals surface area contributed by atoms with Crippen LogP contribution in [0, 0.1) is 6.92 Å². The van der Waals surface area contributed by atoms with E-state index in [4.69, 9.17) is 0 Å². The molecule has 0 aromatic carbocycles. The molecule has 22 heavy (non-hydrogen) atoms. The molecule has 0 aliphatic carbocycles. The molecule has 0 spiro atoms. The van der Waals surface area contributed by atoms with Crippen LogP contribution in [-0.2, 0) is 7.05 Å². The van der Waals surface area contributed by atoms with Crippen LogP contribution in [0.3, 0.4) is 0 Å². The minimum Gasteiger partial charge on any atom is -0.341 e. The molecule has 0 saturated carbocycles. The summed E-state index contributed by atoms with van der Waals surface area (Å²) in [5.74, 6) is 2.19. The topological polar surface area (TPSA) is 76.8 Å². The molecule has 7 nitrogen and oxygen atoms in total. The van der Waals surface area contributed by atoms with Crippen LogP contribution < -0.4 is 4.90 Å². The number of rotatable bonds is 3. The number of piperidine rings is 1. The molecule has 7 heteroatoms. The number of Topliss-reactive ketones (excluding diaryl/α,β-unsaturated/α-hetero) is 1. The Labute approximate surface area is 129 Å². The first kappa shape index (κ1) is 14.6. The molecule has 116 valence electrons. The molecule has 0 amide bonds.